The molecule has 10 heteroatoms. The second kappa shape index (κ2) is 11.0. The SMILES string of the molecule is COc1cccc(C(C)Nc2nc(C(=O)N(C)CCN3CCOCC3)nc3c(C(C)C)cnn23)c1. The summed E-state index contributed by atoms with van der Waals surface area (Å²) in [5.74, 6) is 1.40. The summed E-state index contributed by atoms with van der Waals surface area (Å²) in [7, 11) is 3.44. The number of rotatable bonds is 9. The topological polar surface area (TPSA) is 97.1 Å². The highest BCUT2D eigenvalue weighted by Crippen LogP contribution is 2.25. The van der Waals surface area contributed by atoms with E-state index in [1.807, 2.05) is 31.2 Å². The van der Waals surface area contributed by atoms with Crippen molar-refractivity contribution in [1.82, 2.24) is 29.4 Å². The Kier molecular flexibility index (Phi) is 7.82. The van der Waals surface area contributed by atoms with Crippen molar-refractivity contribution in [3.05, 3.63) is 47.4 Å². The number of nitrogens with zero attached hydrogens (tertiary/aromatic N) is 6. The van der Waals surface area contributed by atoms with Crippen LogP contribution >= 0.6 is 0 Å². The van der Waals surface area contributed by atoms with Crippen LogP contribution in [0.4, 0.5) is 5.95 Å². The molecule has 0 radical (unpaired) electrons. The molecular weight excluding hydrogens is 446 g/mol. The average Bonchev–Trinajstić information content (AvgIpc) is 3.32. The number of amides is 1. The summed E-state index contributed by atoms with van der Waals surface area (Å²) in [4.78, 5) is 26.6. The van der Waals surface area contributed by atoms with Crippen LogP contribution in [0.2, 0.25) is 0 Å². The molecule has 10 nitrogen and oxygen atoms in total. The van der Waals surface area contributed by atoms with Gasteiger partial charge in [-0.1, -0.05) is 26.0 Å². The van der Waals surface area contributed by atoms with Crippen molar-refractivity contribution in [3.8, 4) is 5.75 Å². The van der Waals surface area contributed by atoms with Crippen LogP contribution in [0.1, 0.15) is 54.5 Å². The molecule has 4 rings (SSSR count). The molecule has 1 saturated heterocycles. The molecule has 1 atom stereocenters. The Hall–Kier alpha value is -3.24. The number of carbonyl (C=O) groups excluding carboxylic acids is 1. The van der Waals surface area contributed by atoms with Crippen LogP contribution in [-0.2, 0) is 4.74 Å². The van der Waals surface area contributed by atoms with Crippen LogP contribution in [0.15, 0.2) is 30.5 Å². The van der Waals surface area contributed by atoms with Gasteiger partial charge in [-0.15, -0.1) is 0 Å². The van der Waals surface area contributed by atoms with Crippen molar-refractivity contribution in [2.75, 3.05) is 58.9 Å². The van der Waals surface area contributed by atoms with E-state index in [2.05, 4.69) is 39.1 Å². The van der Waals surface area contributed by atoms with E-state index in [-0.39, 0.29) is 23.7 Å². The molecule has 0 spiro atoms. The first-order valence-corrected chi connectivity index (χ1v) is 12.1. The highest BCUT2D eigenvalue weighted by molar-refractivity contribution is 5.91. The van der Waals surface area contributed by atoms with Gasteiger partial charge in [-0.05, 0) is 30.5 Å². The van der Waals surface area contributed by atoms with Gasteiger partial charge in [-0.2, -0.15) is 14.6 Å². The zero-order valence-electron chi connectivity index (χ0n) is 21.2. The van der Waals surface area contributed by atoms with Crippen molar-refractivity contribution < 1.29 is 14.3 Å². The fourth-order valence-electron chi connectivity index (χ4n) is 4.07. The fraction of sp³-hybridized carbons (Fsp3) is 0.520. The maximum absolute atomic E-state index is 13.3. The largest absolute Gasteiger partial charge is 0.497 e. The molecule has 1 fully saturated rings. The maximum Gasteiger partial charge on any atom is 0.291 e. The predicted octanol–water partition coefficient (Wildman–Crippen LogP) is 2.83. The summed E-state index contributed by atoms with van der Waals surface area (Å²) >= 11 is 0. The van der Waals surface area contributed by atoms with E-state index in [0.29, 0.717) is 18.1 Å². The van der Waals surface area contributed by atoms with Crippen LogP contribution in [0.3, 0.4) is 0 Å². The van der Waals surface area contributed by atoms with Gasteiger partial charge in [0.05, 0.1) is 32.6 Å². The molecule has 1 unspecified atom stereocenters. The minimum Gasteiger partial charge on any atom is -0.497 e. The first kappa shape index (κ1) is 24.9. The number of hydrogen-bond acceptors (Lipinski definition) is 8. The second-order valence-electron chi connectivity index (χ2n) is 9.18. The lowest BCUT2D eigenvalue weighted by Gasteiger charge is -2.28. The molecular formula is C25H35N7O3. The molecule has 1 N–H and O–H groups in total. The van der Waals surface area contributed by atoms with Gasteiger partial charge in [0.1, 0.15) is 5.75 Å². The van der Waals surface area contributed by atoms with Crippen LogP contribution in [0, 0.1) is 0 Å². The molecule has 35 heavy (non-hydrogen) atoms. The number of benzene rings is 1. The molecule has 1 aliphatic heterocycles. The van der Waals surface area contributed by atoms with Crippen molar-refractivity contribution in [2.45, 2.75) is 32.7 Å². The van der Waals surface area contributed by atoms with Crippen LogP contribution in [0.25, 0.3) is 5.65 Å². The Labute approximate surface area is 206 Å². The van der Waals surface area contributed by atoms with E-state index in [0.717, 1.165) is 49.7 Å². The zero-order chi connectivity index (χ0) is 24.9. The predicted molar refractivity (Wildman–Crippen MR) is 134 cm³/mol. The monoisotopic (exact) mass is 481 g/mol. The van der Waals surface area contributed by atoms with Gasteiger partial charge in [0, 0.05) is 38.8 Å². The summed E-state index contributed by atoms with van der Waals surface area (Å²) in [5, 5.41) is 7.95. The van der Waals surface area contributed by atoms with E-state index >= 15 is 0 Å². The van der Waals surface area contributed by atoms with Crippen molar-refractivity contribution in [1.29, 1.82) is 0 Å². The summed E-state index contributed by atoms with van der Waals surface area (Å²) in [5.41, 5.74) is 2.64. The third-order valence-corrected chi connectivity index (χ3v) is 6.35. The zero-order valence-corrected chi connectivity index (χ0v) is 21.2. The third kappa shape index (κ3) is 5.71. The number of aromatic nitrogens is 4. The Morgan fingerprint density at radius 3 is 2.71 bits per heavy atom. The summed E-state index contributed by atoms with van der Waals surface area (Å²) < 4.78 is 12.5. The van der Waals surface area contributed by atoms with Crippen molar-refractivity contribution in [3.63, 3.8) is 0 Å². The Morgan fingerprint density at radius 2 is 2.00 bits per heavy atom. The number of likely N-dealkylation sites (N-methyl/N-ethyl adjacent to an activating group) is 1. The fourth-order valence-corrected chi connectivity index (χ4v) is 4.07. The number of hydrogen-bond donors (Lipinski definition) is 1. The maximum atomic E-state index is 13.3. The lowest BCUT2D eigenvalue weighted by Crippen LogP contribution is -2.42. The van der Waals surface area contributed by atoms with E-state index in [4.69, 9.17) is 9.47 Å². The molecule has 1 aromatic carbocycles. The Balaban J connectivity index is 1.60. The first-order valence-electron chi connectivity index (χ1n) is 12.1. The third-order valence-electron chi connectivity index (χ3n) is 6.35. The quantitative estimate of drug-likeness (QED) is 0.498. The van der Waals surface area contributed by atoms with Gasteiger partial charge in [-0.25, -0.2) is 4.98 Å². The lowest BCUT2D eigenvalue weighted by molar-refractivity contribution is 0.0337. The number of carbonyl (C=O) groups is 1. The highest BCUT2D eigenvalue weighted by Gasteiger charge is 2.23. The molecule has 0 saturated carbocycles. The molecule has 1 aliphatic rings. The first-order chi connectivity index (χ1) is 16.9. The molecule has 0 bridgehead atoms. The molecule has 2 aromatic heterocycles. The number of fused-ring (bicyclic) bond motifs is 1. The smallest absolute Gasteiger partial charge is 0.291 e. The second-order valence-corrected chi connectivity index (χ2v) is 9.18. The number of ether oxygens (including phenoxy) is 2. The van der Waals surface area contributed by atoms with Gasteiger partial charge in [0.25, 0.3) is 5.91 Å². The average molecular weight is 482 g/mol. The standard InChI is InChI=1S/C25H35N7O3/c1-17(2)21-16-26-32-23(21)28-22(24(33)30(4)9-10-31-11-13-35-14-12-31)29-25(32)27-18(3)19-7-6-8-20(15-19)34-5/h6-8,15-18H,9-14H2,1-5H3,(H,27,28,29). The van der Waals surface area contributed by atoms with Crippen LogP contribution in [-0.4, -0.2) is 88.8 Å². The number of methoxy groups -OCH3 is 1. The normalized spacial score (nSPS) is 15.4. The molecule has 1 amide bonds. The minimum absolute atomic E-state index is 0.100. The summed E-state index contributed by atoms with van der Waals surface area (Å²) in [6, 6.07) is 7.75. The van der Waals surface area contributed by atoms with Gasteiger partial charge in [0.15, 0.2) is 5.65 Å². The van der Waals surface area contributed by atoms with E-state index in [1.54, 1.807) is 29.8 Å². The van der Waals surface area contributed by atoms with Gasteiger partial charge >= 0.3 is 0 Å². The van der Waals surface area contributed by atoms with Crippen molar-refractivity contribution >= 4 is 17.5 Å². The molecule has 0 aliphatic carbocycles. The molecule has 188 valence electrons. The Bertz CT molecular complexity index is 1160. The number of anilines is 1. The number of nitrogens with one attached hydrogen (secondary N) is 1. The Morgan fingerprint density at radius 1 is 1.23 bits per heavy atom. The van der Waals surface area contributed by atoms with E-state index in [9.17, 15) is 4.79 Å². The van der Waals surface area contributed by atoms with Gasteiger partial charge < -0.3 is 19.7 Å². The number of morpholine rings is 1. The van der Waals surface area contributed by atoms with Gasteiger partial charge in [0.2, 0.25) is 11.8 Å². The highest BCUT2D eigenvalue weighted by atomic mass is 16.5. The van der Waals surface area contributed by atoms with Crippen molar-refractivity contribution in [2.24, 2.45) is 0 Å². The van der Waals surface area contributed by atoms with E-state index < -0.39 is 0 Å². The summed E-state index contributed by atoms with van der Waals surface area (Å²) in [6.07, 6.45) is 1.80. The lowest BCUT2D eigenvalue weighted by atomic mass is 10.1. The summed E-state index contributed by atoms with van der Waals surface area (Å²) in [6.45, 7) is 10.8. The van der Waals surface area contributed by atoms with Crippen LogP contribution < -0.4 is 10.1 Å². The van der Waals surface area contributed by atoms with E-state index in [1.165, 1.54) is 0 Å². The molecule has 3 aromatic rings. The molecule has 3 heterocycles. The van der Waals surface area contributed by atoms with Gasteiger partial charge in [-0.3, -0.25) is 9.69 Å². The minimum atomic E-state index is -0.214. The van der Waals surface area contributed by atoms with Crippen LogP contribution in [0.5, 0.6) is 5.75 Å².